The minimum Gasteiger partial charge on any atom is -0.324 e. The van der Waals surface area contributed by atoms with E-state index in [0.29, 0.717) is 27.4 Å². The number of aryl methyl sites for hydroxylation is 1. The number of anilines is 1. The molecule has 26 heavy (non-hydrogen) atoms. The zero-order valence-corrected chi connectivity index (χ0v) is 16.3. The van der Waals surface area contributed by atoms with Crippen LogP contribution < -0.4 is 5.32 Å². The number of halogens is 2. The number of carbonyl (C=O) groups is 1. The Morgan fingerprint density at radius 1 is 1.12 bits per heavy atom. The molecule has 3 aromatic rings. The fraction of sp³-hybridized carbons (Fsp3) is 0.167. The highest BCUT2D eigenvalue weighted by molar-refractivity contribution is 7.99. The summed E-state index contributed by atoms with van der Waals surface area (Å²) in [5.74, 6) is 0.802. The molecule has 2 aromatic carbocycles. The molecule has 0 atom stereocenters. The van der Waals surface area contributed by atoms with Crippen molar-refractivity contribution in [3.8, 4) is 0 Å². The Morgan fingerprint density at radius 2 is 1.88 bits per heavy atom. The predicted molar refractivity (Wildman–Crippen MR) is 106 cm³/mol. The van der Waals surface area contributed by atoms with E-state index in [1.54, 1.807) is 18.2 Å². The van der Waals surface area contributed by atoms with Crippen molar-refractivity contribution in [3.05, 3.63) is 70.0 Å². The van der Waals surface area contributed by atoms with Gasteiger partial charge in [-0.2, -0.15) is 0 Å². The summed E-state index contributed by atoms with van der Waals surface area (Å²) in [6, 6.07) is 15.2. The maximum atomic E-state index is 12.2. The van der Waals surface area contributed by atoms with Crippen LogP contribution in [0.1, 0.15) is 11.4 Å². The minimum absolute atomic E-state index is 0.189. The van der Waals surface area contributed by atoms with Crippen LogP contribution in [-0.4, -0.2) is 26.4 Å². The SMILES string of the molecule is Cc1nnc(SCC(=O)Nc2cccc(Cl)c2Cl)n1Cc1ccccc1. The highest BCUT2D eigenvalue weighted by Crippen LogP contribution is 2.29. The molecule has 0 saturated heterocycles. The fourth-order valence-corrected chi connectivity index (χ4v) is 3.46. The second kappa shape index (κ2) is 8.58. The minimum atomic E-state index is -0.189. The average molecular weight is 407 g/mol. The molecule has 0 aliphatic heterocycles. The Labute approximate surface area is 165 Å². The first-order valence-corrected chi connectivity index (χ1v) is 9.59. The Morgan fingerprint density at radius 3 is 2.65 bits per heavy atom. The van der Waals surface area contributed by atoms with Crippen LogP contribution in [0.25, 0.3) is 0 Å². The zero-order chi connectivity index (χ0) is 18.5. The first-order valence-electron chi connectivity index (χ1n) is 7.85. The zero-order valence-electron chi connectivity index (χ0n) is 13.9. The molecular weight excluding hydrogens is 391 g/mol. The number of thioether (sulfide) groups is 1. The highest BCUT2D eigenvalue weighted by atomic mass is 35.5. The lowest BCUT2D eigenvalue weighted by Crippen LogP contribution is -2.15. The molecule has 0 aliphatic rings. The van der Waals surface area contributed by atoms with Crippen LogP contribution in [0, 0.1) is 6.92 Å². The number of aromatic nitrogens is 3. The van der Waals surface area contributed by atoms with Gasteiger partial charge in [0, 0.05) is 0 Å². The molecule has 0 saturated carbocycles. The van der Waals surface area contributed by atoms with Gasteiger partial charge in [-0.1, -0.05) is 71.4 Å². The lowest BCUT2D eigenvalue weighted by molar-refractivity contribution is -0.113. The van der Waals surface area contributed by atoms with E-state index in [0.717, 1.165) is 11.4 Å². The molecule has 8 heteroatoms. The van der Waals surface area contributed by atoms with Crippen molar-refractivity contribution in [3.63, 3.8) is 0 Å². The lowest BCUT2D eigenvalue weighted by Gasteiger charge is -2.10. The first kappa shape index (κ1) is 18.8. The van der Waals surface area contributed by atoms with Gasteiger partial charge in [0.05, 0.1) is 28.0 Å². The molecule has 1 heterocycles. The molecule has 0 bridgehead atoms. The van der Waals surface area contributed by atoms with Gasteiger partial charge in [-0.05, 0) is 24.6 Å². The van der Waals surface area contributed by atoms with Crippen molar-refractivity contribution in [2.75, 3.05) is 11.1 Å². The van der Waals surface area contributed by atoms with Crippen molar-refractivity contribution in [1.82, 2.24) is 14.8 Å². The largest absolute Gasteiger partial charge is 0.324 e. The number of rotatable bonds is 6. The van der Waals surface area contributed by atoms with Crippen molar-refractivity contribution < 1.29 is 4.79 Å². The first-order chi connectivity index (χ1) is 12.5. The van der Waals surface area contributed by atoms with Gasteiger partial charge in [0.15, 0.2) is 5.16 Å². The predicted octanol–water partition coefficient (Wildman–Crippen LogP) is 4.67. The van der Waals surface area contributed by atoms with E-state index in [-0.39, 0.29) is 11.7 Å². The van der Waals surface area contributed by atoms with Gasteiger partial charge in [0.25, 0.3) is 0 Å². The second-order valence-corrected chi connectivity index (χ2v) is 7.27. The number of amides is 1. The summed E-state index contributed by atoms with van der Waals surface area (Å²) in [5.41, 5.74) is 1.64. The van der Waals surface area contributed by atoms with Crippen LogP contribution in [0.15, 0.2) is 53.7 Å². The molecule has 5 nitrogen and oxygen atoms in total. The third kappa shape index (κ3) is 4.58. The number of hydrogen-bond donors (Lipinski definition) is 1. The van der Waals surface area contributed by atoms with E-state index < -0.39 is 0 Å². The Hall–Kier alpha value is -2.02. The molecule has 1 amide bonds. The average Bonchev–Trinajstić information content (AvgIpc) is 2.98. The van der Waals surface area contributed by atoms with E-state index in [2.05, 4.69) is 15.5 Å². The van der Waals surface area contributed by atoms with Crippen LogP contribution >= 0.6 is 35.0 Å². The Balaban J connectivity index is 1.65. The quantitative estimate of drug-likeness (QED) is 0.604. The molecule has 1 N–H and O–H groups in total. The monoisotopic (exact) mass is 406 g/mol. The van der Waals surface area contributed by atoms with E-state index in [9.17, 15) is 4.79 Å². The molecule has 0 radical (unpaired) electrons. The molecule has 3 rings (SSSR count). The number of nitrogens with one attached hydrogen (secondary N) is 1. The Bertz CT molecular complexity index is 915. The smallest absolute Gasteiger partial charge is 0.234 e. The summed E-state index contributed by atoms with van der Waals surface area (Å²) in [6.45, 7) is 2.55. The topological polar surface area (TPSA) is 59.8 Å². The van der Waals surface area contributed by atoms with Crippen LogP contribution in [0.4, 0.5) is 5.69 Å². The molecule has 0 spiro atoms. The molecule has 0 fully saturated rings. The number of hydrogen-bond acceptors (Lipinski definition) is 4. The number of carbonyl (C=O) groups excluding carboxylic acids is 1. The summed E-state index contributed by atoms with van der Waals surface area (Å²) < 4.78 is 1.99. The number of nitrogens with zero attached hydrogens (tertiary/aromatic N) is 3. The molecule has 134 valence electrons. The summed E-state index contributed by atoms with van der Waals surface area (Å²) in [4.78, 5) is 12.2. The number of benzene rings is 2. The van der Waals surface area contributed by atoms with E-state index in [1.165, 1.54) is 11.8 Å². The van der Waals surface area contributed by atoms with E-state index in [4.69, 9.17) is 23.2 Å². The van der Waals surface area contributed by atoms with Crippen LogP contribution in [0.5, 0.6) is 0 Å². The van der Waals surface area contributed by atoms with Crippen LogP contribution in [-0.2, 0) is 11.3 Å². The fourth-order valence-electron chi connectivity index (χ4n) is 2.33. The molecular formula is C18H16Cl2N4OS. The van der Waals surface area contributed by atoms with Gasteiger partial charge in [0.2, 0.25) is 5.91 Å². The Kier molecular flexibility index (Phi) is 6.19. The summed E-state index contributed by atoms with van der Waals surface area (Å²) in [5, 5.41) is 12.5. The second-order valence-electron chi connectivity index (χ2n) is 5.54. The van der Waals surface area contributed by atoms with Crippen molar-refractivity contribution in [2.24, 2.45) is 0 Å². The van der Waals surface area contributed by atoms with Gasteiger partial charge >= 0.3 is 0 Å². The highest BCUT2D eigenvalue weighted by Gasteiger charge is 2.13. The van der Waals surface area contributed by atoms with Crippen LogP contribution in [0.3, 0.4) is 0 Å². The molecule has 0 unspecified atom stereocenters. The summed E-state index contributed by atoms with van der Waals surface area (Å²) in [6.07, 6.45) is 0. The maximum absolute atomic E-state index is 12.2. The third-order valence-corrected chi connectivity index (χ3v) is 5.43. The van der Waals surface area contributed by atoms with Gasteiger partial charge in [0.1, 0.15) is 5.82 Å². The maximum Gasteiger partial charge on any atom is 0.234 e. The molecule has 0 aliphatic carbocycles. The summed E-state index contributed by atoms with van der Waals surface area (Å²) in [7, 11) is 0. The summed E-state index contributed by atoms with van der Waals surface area (Å²) >= 11 is 13.4. The van der Waals surface area contributed by atoms with Gasteiger partial charge < -0.3 is 9.88 Å². The van der Waals surface area contributed by atoms with Gasteiger partial charge in [-0.3, -0.25) is 4.79 Å². The standard InChI is InChI=1S/C18H16Cl2N4OS/c1-12-22-23-18(24(12)10-13-6-3-2-4-7-13)26-11-16(25)21-15-9-5-8-14(19)17(15)20/h2-9H,10-11H2,1H3,(H,21,25). The van der Waals surface area contributed by atoms with Gasteiger partial charge in [-0.15, -0.1) is 10.2 Å². The van der Waals surface area contributed by atoms with Crippen LogP contribution in [0.2, 0.25) is 10.0 Å². The van der Waals surface area contributed by atoms with Gasteiger partial charge in [-0.25, -0.2) is 0 Å². The van der Waals surface area contributed by atoms with Crippen molar-refractivity contribution in [2.45, 2.75) is 18.6 Å². The van der Waals surface area contributed by atoms with E-state index >= 15 is 0 Å². The normalized spacial score (nSPS) is 10.7. The third-order valence-electron chi connectivity index (χ3n) is 3.64. The molecule has 1 aromatic heterocycles. The lowest BCUT2D eigenvalue weighted by atomic mass is 10.2. The van der Waals surface area contributed by atoms with Crippen molar-refractivity contribution >= 4 is 46.6 Å². The van der Waals surface area contributed by atoms with E-state index in [1.807, 2.05) is 41.8 Å². The van der Waals surface area contributed by atoms with Crippen molar-refractivity contribution in [1.29, 1.82) is 0 Å².